The normalized spacial score (nSPS) is 10.3. The van der Waals surface area contributed by atoms with Crippen molar-refractivity contribution in [1.29, 1.82) is 0 Å². The molecule has 0 amide bonds. The first-order chi connectivity index (χ1) is 10.0. The number of nitrogens with one attached hydrogen (secondary N) is 1. The molecule has 0 saturated heterocycles. The third kappa shape index (κ3) is 3.92. The predicted molar refractivity (Wildman–Crippen MR) is 82.6 cm³/mol. The Morgan fingerprint density at radius 2 is 2.24 bits per heavy atom. The van der Waals surface area contributed by atoms with Gasteiger partial charge in [-0.05, 0) is 47.1 Å². The summed E-state index contributed by atoms with van der Waals surface area (Å²) in [6, 6.07) is 5.68. The van der Waals surface area contributed by atoms with Crippen LogP contribution in [0.2, 0.25) is 5.02 Å². The zero-order chi connectivity index (χ0) is 15.4. The van der Waals surface area contributed by atoms with Crippen molar-refractivity contribution < 1.29 is 13.9 Å². The van der Waals surface area contributed by atoms with Gasteiger partial charge < -0.3 is 10.1 Å². The minimum Gasteiger partial charge on any atom is -0.462 e. The average Bonchev–Trinajstić information content (AvgIpc) is 2.43. The third-order valence-electron chi connectivity index (χ3n) is 2.53. The predicted octanol–water partition coefficient (Wildman–Crippen LogP) is 4.56. The molecule has 0 spiro atoms. The minimum atomic E-state index is -0.442. The standard InChI is InChI=1S/C14H11BrClFN2O2/c1-2-21-14(20)8-3-4-12(18-7-8)19-13-10(15)5-9(17)6-11(13)16/h3-7H,2H2,1H3,(H,18,19). The summed E-state index contributed by atoms with van der Waals surface area (Å²) in [6.45, 7) is 2.03. The van der Waals surface area contributed by atoms with E-state index in [1.54, 1.807) is 19.1 Å². The largest absolute Gasteiger partial charge is 0.462 e. The first-order valence-corrected chi connectivity index (χ1v) is 7.23. The summed E-state index contributed by atoms with van der Waals surface area (Å²) in [5.74, 6) is -0.405. The Labute approximate surface area is 134 Å². The number of halogens is 3. The van der Waals surface area contributed by atoms with E-state index < -0.39 is 11.8 Å². The molecule has 21 heavy (non-hydrogen) atoms. The lowest BCUT2D eigenvalue weighted by Gasteiger charge is -2.10. The maximum absolute atomic E-state index is 13.2. The molecule has 2 rings (SSSR count). The number of hydrogen-bond acceptors (Lipinski definition) is 4. The van der Waals surface area contributed by atoms with Gasteiger partial charge in [0.2, 0.25) is 0 Å². The van der Waals surface area contributed by atoms with Gasteiger partial charge in [0, 0.05) is 10.7 Å². The Balaban J connectivity index is 2.19. The lowest BCUT2D eigenvalue weighted by Crippen LogP contribution is -2.05. The summed E-state index contributed by atoms with van der Waals surface area (Å²) in [4.78, 5) is 15.6. The van der Waals surface area contributed by atoms with Crippen molar-refractivity contribution >= 4 is 45.0 Å². The average molecular weight is 374 g/mol. The quantitative estimate of drug-likeness (QED) is 0.798. The first kappa shape index (κ1) is 15.7. The minimum absolute atomic E-state index is 0.221. The second kappa shape index (κ2) is 6.87. The van der Waals surface area contributed by atoms with E-state index in [4.69, 9.17) is 16.3 Å². The second-order valence-electron chi connectivity index (χ2n) is 4.02. The third-order valence-corrected chi connectivity index (χ3v) is 3.46. The van der Waals surface area contributed by atoms with Crippen LogP contribution >= 0.6 is 27.5 Å². The summed E-state index contributed by atoms with van der Waals surface area (Å²) >= 11 is 9.20. The molecule has 0 aliphatic heterocycles. The highest BCUT2D eigenvalue weighted by Gasteiger charge is 2.10. The number of benzene rings is 1. The number of nitrogens with zero attached hydrogens (tertiary/aromatic N) is 1. The van der Waals surface area contributed by atoms with Gasteiger partial charge >= 0.3 is 5.97 Å². The highest BCUT2D eigenvalue weighted by atomic mass is 79.9. The summed E-state index contributed by atoms with van der Waals surface area (Å²) in [6.07, 6.45) is 1.39. The Morgan fingerprint density at radius 1 is 1.48 bits per heavy atom. The van der Waals surface area contributed by atoms with Crippen LogP contribution in [0.3, 0.4) is 0 Å². The van der Waals surface area contributed by atoms with Crippen molar-refractivity contribution in [3.05, 3.63) is 51.3 Å². The topological polar surface area (TPSA) is 51.2 Å². The van der Waals surface area contributed by atoms with Gasteiger partial charge in [-0.3, -0.25) is 0 Å². The number of carbonyl (C=O) groups excluding carboxylic acids is 1. The van der Waals surface area contributed by atoms with Crippen molar-refractivity contribution in [1.82, 2.24) is 4.98 Å². The smallest absolute Gasteiger partial charge is 0.339 e. The second-order valence-corrected chi connectivity index (χ2v) is 5.28. The fourth-order valence-corrected chi connectivity index (χ4v) is 2.49. The van der Waals surface area contributed by atoms with Crippen LogP contribution in [0.15, 0.2) is 34.9 Å². The Kier molecular flexibility index (Phi) is 5.14. The van der Waals surface area contributed by atoms with Crippen LogP contribution in [0, 0.1) is 5.82 Å². The monoisotopic (exact) mass is 372 g/mol. The van der Waals surface area contributed by atoms with Crippen molar-refractivity contribution in [2.24, 2.45) is 0 Å². The van der Waals surface area contributed by atoms with E-state index in [1.165, 1.54) is 18.3 Å². The highest BCUT2D eigenvalue weighted by Crippen LogP contribution is 2.33. The lowest BCUT2D eigenvalue weighted by atomic mass is 10.2. The molecule has 0 fully saturated rings. The number of ether oxygens (including phenoxy) is 1. The summed E-state index contributed by atoms with van der Waals surface area (Å²) < 4.78 is 18.5. The van der Waals surface area contributed by atoms with Crippen molar-refractivity contribution in [3.63, 3.8) is 0 Å². The number of carbonyl (C=O) groups is 1. The van der Waals surface area contributed by atoms with E-state index in [-0.39, 0.29) is 5.02 Å². The van der Waals surface area contributed by atoms with Gasteiger partial charge in [0.1, 0.15) is 11.6 Å². The van der Waals surface area contributed by atoms with Gasteiger partial charge in [0.25, 0.3) is 0 Å². The van der Waals surface area contributed by atoms with E-state index in [0.717, 1.165) is 0 Å². The molecule has 1 N–H and O–H groups in total. The van der Waals surface area contributed by atoms with Gasteiger partial charge in [-0.2, -0.15) is 0 Å². The van der Waals surface area contributed by atoms with Crippen LogP contribution in [0.4, 0.5) is 15.9 Å². The first-order valence-electron chi connectivity index (χ1n) is 6.06. The van der Waals surface area contributed by atoms with Crippen LogP contribution in [0.1, 0.15) is 17.3 Å². The zero-order valence-corrected chi connectivity index (χ0v) is 13.3. The van der Waals surface area contributed by atoms with Crippen molar-refractivity contribution in [3.8, 4) is 0 Å². The SMILES string of the molecule is CCOC(=O)c1ccc(Nc2c(Cl)cc(F)cc2Br)nc1. The summed E-state index contributed by atoms with van der Waals surface area (Å²) in [7, 11) is 0. The van der Waals surface area contributed by atoms with E-state index >= 15 is 0 Å². The van der Waals surface area contributed by atoms with Crippen LogP contribution < -0.4 is 5.32 Å². The lowest BCUT2D eigenvalue weighted by molar-refractivity contribution is 0.0526. The van der Waals surface area contributed by atoms with E-state index in [2.05, 4.69) is 26.2 Å². The fraction of sp³-hybridized carbons (Fsp3) is 0.143. The molecule has 0 bridgehead atoms. The molecule has 0 unspecified atom stereocenters. The molecule has 0 radical (unpaired) electrons. The molecule has 0 saturated carbocycles. The van der Waals surface area contributed by atoms with E-state index in [9.17, 15) is 9.18 Å². The number of rotatable bonds is 4. The zero-order valence-electron chi connectivity index (χ0n) is 11.0. The van der Waals surface area contributed by atoms with Gasteiger partial charge in [-0.1, -0.05) is 11.6 Å². The molecule has 1 aromatic heterocycles. The number of aromatic nitrogens is 1. The van der Waals surface area contributed by atoms with E-state index in [1.807, 2.05) is 0 Å². The van der Waals surface area contributed by atoms with Crippen LogP contribution in [0.5, 0.6) is 0 Å². The number of pyridine rings is 1. The van der Waals surface area contributed by atoms with Crippen molar-refractivity contribution in [2.45, 2.75) is 6.92 Å². The molecule has 4 nitrogen and oxygen atoms in total. The molecule has 1 heterocycles. The Bertz CT molecular complexity index is 642. The van der Waals surface area contributed by atoms with Gasteiger partial charge in [0.15, 0.2) is 0 Å². The molecule has 0 aliphatic carbocycles. The number of anilines is 2. The Hall–Kier alpha value is -1.66. The number of hydrogen-bond donors (Lipinski definition) is 1. The maximum Gasteiger partial charge on any atom is 0.339 e. The molecule has 110 valence electrons. The highest BCUT2D eigenvalue weighted by molar-refractivity contribution is 9.10. The van der Waals surface area contributed by atoms with Gasteiger partial charge in [-0.15, -0.1) is 0 Å². The van der Waals surface area contributed by atoms with E-state index in [0.29, 0.717) is 28.1 Å². The molecule has 7 heteroatoms. The van der Waals surface area contributed by atoms with Crippen LogP contribution in [-0.4, -0.2) is 17.6 Å². The molecule has 0 aliphatic rings. The van der Waals surface area contributed by atoms with Crippen LogP contribution in [-0.2, 0) is 4.74 Å². The molecule has 0 atom stereocenters. The summed E-state index contributed by atoms with van der Waals surface area (Å²) in [5, 5.41) is 3.18. The molecular weight excluding hydrogens is 363 g/mol. The maximum atomic E-state index is 13.2. The van der Waals surface area contributed by atoms with Crippen LogP contribution in [0.25, 0.3) is 0 Å². The molecule has 2 aromatic rings. The molecule has 1 aromatic carbocycles. The van der Waals surface area contributed by atoms with Gasteiger partial charge in [-0.25, -0.2) is 14.2 Å². The summed E-state index contributed by atoms with van der Waals surface area (Å²) in [5.41, 5.74) is 0.848. The molecular formula is C14H11BrClFN2O2. The number of esters is 1. The van der Waals surface area contributed by atoms with Crippen molar-refractivity contribution in [2.75, 3.05) is 11.9 Å². The Morgan fingerprint density at radius 3 is 2.81 bits per heavy atom. The van der Waals surface area contributed by atoms with Gasteiger partial charge in [0.05, 0.1) is 22.9 Å². The fourth-order valence-electron chi connectivity index (χ4n) is 1.59.